The van der Waals surface area contributed by atoms with Crippen molar-refractivity contribution in [3.8, 4) is 11.4 Å². The first-order valence-electron chi connectivity index (χ1n) is 9.06. The molecule has 0 unspecified atom stereocenters. The Balaban J connectivity index is 1.32. The molecule has 1 aromatic carbocycles. The van der Waals surface area contributed by atoms with Crippen LogP contribution in [0.15, 0.2) is 65.3 Å². The summed E-state index contributed by atoms with van der Waals surface area (Å²) in [5.41, 5.74) is 4.78. The number of benzene rings is 1. The molecule has 3 aromatic heterocycles. The summed E-state index contributed by atoms with van der Waals surface area (Å²) in [5.74, 6) is 0.145. The molecule has 0 saturated carbocycles. The Hall–Kier alpha value is -2.97. The number of thioether (sulfide) groups is 1. The third-order valence-electron chi connectivity index (χ3n) is 4.20. The Morgan fingerprint density at radius 1 is 1.10 bits per heavy atom. The molecule has 1 amide bonds. The maximum Gasteiger partial charge on any atom is 0.236 e. The van der Waals surface area contributed by atoms with Gasteiger partial charge in [-0.15, -0.1) is 11.3 Å². The Morgan fingerprint density at radius 2 is 1.93 bits per heavy atom. The second-order valence-corrected chi connectivity index (χ2v) is 8.19. The monoisotopic (exact) mass is 421 g/mol. The Morgan fingerprint density at radius 3 is 2.72 bits per heavy atom. The van der Waals surface area contributed by atoms with Crippen LogP contribution in [-0.4, -0.2) is 31.6 Å². The van der Waals surface area contributed by atoms with Crippen LogP contribution in [0.5, 0.6) is 0 Å². The number of aromatic nitrogens is 4. The molecule has 146 valence electrons. The molecule has 0 saturated heterocycles. The van der Waals surface area contributed by atoms with Crippen LogP contribution in [-0.2, 0) is 11.2 Å². The van der Waals surface area contributed by atoms with E-state index in [0.717, 1.165) is 34.4 Å². The van der Waals surface area contributed by atoms with Gasteiger partial charge in [-0.3, -0.25) is 9.78 Å². The maximum absolute atomic E-state index is 12.3. The zero-order chi connectivity index (χ0) is 20.1. The summed E-state index contributed by atoms with van der Waals surface area (Å²) in [4.78, 5) is 28.9. The fraction of sp³-hybridized carbons (Fsp3) is 0.143. The van der Waals surface area contributed by atoms with Gasteiger partial charge in [-0.2, -0.15) is 0 Å². The van der Waals surface area contributed by atoms with Crippen LogP contribution in [0.4, 0.5) is 5.13 Å². The number of hydrogen-bond acceptors (Lipinski definition) is 6. The highest BCUT2D eigenvalue weighted by atomic mass is 32.2. The van der Waals surface area contributed by atoms with E-state index in [2.05, 4.69) is 37.4 Å². The van der Waals surface area contributed by atoms with Crippen LogP contribution >= 0.6 is 23.1 Å². The zero-order valence-electron chi connectivity index (χ0n) is 15.8. The number of aromatic amines is 1. The van der Waals surface area contributed by atoms with Crippen molar-refractivity contribution in [3.05, 3.63) is 77.1 Å². The molecule has 0 fully saturated rings. The minimum absolute atomic E-state index is 0.115. The second-order valence-electron chi connectivity index (χ2n) is 6.37. The molecule has 6 nitrogen and oxygen atoms in total. The van der Waals surface area contributed by atoms with Crippen molar-refractivity contribution >= 4 is 34.1 Å². The van der Waals surface area contributed by atoms with Crippen LogP contribution in [0, 0.1) is 6.92 Å². The number of thiazole rings is 1. The molecule has 3 heterocycles. The number of hydrogen-bond donors (Lipinski definition) is 2. The fourth-order valence-corrected chi connectivity index (χ4v) is 4.21. The van der Waals surface area contributed by atoms with E-state index in [9.17, 15) is 4.79 Å². The summed E-state index contributed by atoms with van der Waals surface area (Å²) < 4.78 is 0. The van der Waals surface area contributed by atoms with Crippen LogP contribution in [0.1, 0.15) is 17.0 Å². The lowest BCUT2D eigenvalue weighted by molar-refractivity contribution is -0.113. The van der Waals surface area contributed by atoms with E-state index < -0.39 is 0 Å². The smallest absolute Gasteiger partial charge is 0.236 e. The van der Waals surface area contributed by atoms with Gasteiger partial charge < -0.3 is 10.3 Å². The zero-order valence-corrected chi connectivity index (χ0v) is 17.4. The number of carbonyl (C=O) groups excluding carboxylic acids is 1. The van der Waals surface area contributed by atoms with E-state index in [-0.39, 0.29) is 11.7 Å². The lowest BCUT2D eigenvalue weighted by Crippen LogP contribution is -2.13. The Bertz CT molecular complexity index is 1090. The Labute approximate surface area is 176 Å². The standard InChI is InChI=1S/C21H19N5OS2/c1-14-17(11-15-7-3-2-4-8-15)24-20(23-14)29-13-19(27)26-21-25-18(12-28-21)16-9-5-6-10-22-16/h2-10,12H,11,13H2,1H3,(H,23,24)(H,25,26,27). The summed E-state index contributed by atoms with van der Waals surface area (Å²) in [5, 5.41) is 6.04. The van der Waals surface area contributed by atoms with Gasteiger partial charge >= 0.3 is 0 Å². The largest absolute Gasteiger partial charge is 0.337 e. The summed E-state index contributed by atoms with van der Waals surface area (Å²) in [7, 11) is 0. The minimum Gasteiger partial charge on any atom is -0.337 e. The third kappa shape index (κ3) is 5.10. The topological polar surface area (TPSA) is 83.6 Å². The van der Waals surface area contributed by atoms with Gasteiger partial charge in [0, 0.05) is 23.7 Å². The Kier molecular flexibility index (Phi) is 6.02. The predicted octanol–water partition coefficient (Wildman–Crippen LogP) is 4.56. The van der Waals surface area contributed by atoms with E-state index in [4.69, 9.17) is 0 Å². The van der Waals surface area contributed by atoms with Gasteiger partial charge in [-0.1, -0.05) is 48.2 Å². The lowest BCUT2D eigenvalue weighted by atomic mass is 10.1. The number of rotatable bonds is 7. The quantitative estimate of drug-likeness (QED) is 0.428. The van der Waals surface area contributed by atoms with E-state index >= 15 is 0 Å². The SMILES string of the molecule is Cc1[nH]c(SCC(=O)Nc2nc(-c3ccccn3)cs2)nc1Cc1ccccc1. The molecule has 8 heteroatoms. The highest BCUT2D eigenvalue weighted by Crippen LogP contribution is 2.24. The summed E-state index contributed by atoms with van der Waals surface area (Å²) in [6, 6.07) is 15.9. The number of nitrogens with zero attached hydrogens (tertiary/aromatic N) is 3. The van der Waals surface area contributed by atoms with Gasteiger partial charge in [0.1, 0.15) is 5.69 Å². The molecule has 0 aliphatic carbocycles. The average Bonchev–Trinajstić information content (AvgIpc) is 3.35. The van der Waals surface area contributed by atoms with Crippen molar-refractivity contribution in [3.63, 3.8) is 0 Å². The molecule has 0 aliphatic rings. The van der Waals surface area contributed by atoms with Gasteiger partial charge in [0.15, 0.2) is 10.3 Å². The van der Waals surface area contributed by atoms with Crippen LogP contribution < -0.4 is 5.32 Å². The van der Waals surface area contributed by atoms with Crippen molar-refractivity contribution < 1.29 is 4.79 Å². The summed E-state index contributed by atoms with van der Waals surface area (Å²) >= 11 is 2.77. The van der Waals surface area contributed by atoms with Crippen LogP contribution in [0.2, 0.25) is 0 Å². The first kappa shape index (κ1) is 19.4. The molecule has 0 spiro atoms. The molecule has 4 rings (SSSR count). The van der Waals surface area contributed by atoms with Crippen LogP contribution in [0.25, 0.3) is 11.4 Å². The number of carbonyl (C=O) groups is 1. The van der Waals surface area contributed by atoms with Gasteiger partial charge in [-0.25, -0.2) is 9.97 Å². The first-order valence-corrected chi connectivity index (χ1v) is 10.9. The average molecular weight is 422 g/mol. The van der Waals surface area contributed by atoms with Crippen molar-refractivity contribution in [2.45, 2.75) is 18.5 Å². The molecule has 0 atom stereocenters. The van der Waals surface area contributed by atoms with E-state index in [0.29, 0.717) is 5.13 Å². The highest BCUT2D eigenvalue weighted by molar-refractivity contribution is 7.99. The van der Waals surface area contributed by atoms with E-state index in [1.54, 1.807) is 6.20 Å². The number of amides is 1. The van der Waals surface area contributed by atoms with E-state index in [1.807, 2.05) is 48.7 Å². The molecular formula is C21H19N5OS2. The van der Waals surface area contributed by atoms with Crippen molar-refractivity contribution in [2.24, 2.45) is 0 Å². The number of imidazole rings is 1. The second kappa shape index (κ2) is 9.02. The molecule has 0 radical (unpaired) electrons. The molecule has 2 N–H and O–H groups in total. The van der Waals surface area contributed by atoms with Crippen molar-refractivity contribution in [2.75, 3.05) is 11.1 Å². The van der Waals surface area contributed by atoms with E-state index in [1.165, 1.54) is 28.7 Å². The summed E-state index contributed by atoms with van der Waals surface area (Å²) in [6.07, 6.45) is 2.49. The van der Waals surface area contributed by atoms with Crippen LogP contribution in [0.3, 0.4) is 0 Å². The molecule has 0 aliphatic heterocycles. The molecule has 0 bridgehead atoms. The molecule has 4 aromatic rings. The summed E-state index contributed by atoms with van der Waals surface area (Å²) in [6.45, 7) is 2.00. The number of anilines is 1. The number of pyridine rings is 1. The normalized spacial score (nSPS) is 10.8. The van der Waals surface area contributed by atoms with Gasteiger partial charge in [0.05, 0.1) is 17.1 Å². The first-order chi connectivity index (χ1) is 14.2. The van der Waals surface area contributed by atoms with Gasteiger partial charge in [0.2, 0.25) is 5.91 Å². The fourth-order valence-electron chi connectivity index (χ4n) is 2.75. The van der Waals surface area contributed by atoms with Crippen molar-refractivity contribution in [1.29, 1.82) is 0 Å². The van der Waals surface area contributed by atoms with Crippen molar-refractivity contribution in [1.82, 2.24) is 19.9 Å². The molecule has 29 heavy (non-hydrogen) atoms. The maximum atomic E-state index is 12.3. The number of nitrogens with one attached hydrogen (secondary N) is 2. The number of H-pyrrole nitrogens is 1. The van der Waals surface area contributed by atoms with Gasteiger partial charge in [-0.05, 0) is 24.6 Å². The number of aryl methyl sites for hydroxylation is 1. The molecular weight excluding hydrogens is 402 g/mol. The van der Waals surface area contributed by atoms with Gasteiger partial charge in [0.25, 0.3) is 0 Å². The highest BCUT2D eigenvalue weighted by Gasteiger charge is 2.12. The lowest BCUT2D eigenvalue weighted by Gasteiger charge is -2.00. The third-order valence-corrected chi connectivity index (χ3v) is 5.83. The predicted molar refractivity (Wildman–Crippen MR) is 117 cm³/mol. The minimum atomic E-state index is -0.115.